The SMILES string of the molecule is COc1cc(C=Nn2c(C3CCCCC3)nc3ccc(Br)cc3c2=O)cc([N+](=O)[O-])c1OCc1cccc2ccccc12. The fraction of sp³-hybridized carbons (Fsp3) is 0.242. The molecule has 1 fully saturated rings. The van der Waals surface area contributed by atoms with Gasteiger partial charge < -0.3 is 9.47 Å². The van der Waals surface area contributed by atoms with E-state index in [1.54, 1.807) is 12.1 Å². The summed E-state index contributed by atoms with van der Waals surface area (Å²) in [5.74, 6) is 0.916. The van der Waals surface area contributed by atoms with Gasteiger partial charge in [0.15, 0.2) is 5.75 Å². The van der Waals surface area contributed by atoms with E-state index in [9.17, 15) is 14.9 Å². The minimum Gasteiger partial charge on any atom is -0.493 e. The van der Waals surface area contributed by atoms with Crippen LogP contribution in [0.3, 0.4) is 0 Å². The van der Waals surface area contributed by atoms with E-state index in [1.165, 1.54) is 24.1 Å². The number of aromatic nitrogens is 2. The highest BCUT2D eigenvalue weighted by molar-refractivity contribution is 9.10. The number of fused-ring (bicyclic) bond motifs is 2. The molecule has 0 saturated heterocycles. The number of nitro groups is 1. The highest BCUT2D eigenvalue weighted by Crippen LogP contribution is 2.39. The van der Waals surface area contributed by atoms with Crippen LogP contribution >= 0.6 is 15.9 Å². The summed E-state index contributed by atoms with van der Waals surface area (Å²) >= 11 is 3.44. The van der Waals surface area contributed by atoms with Crippen molar-refractivity contribution in [2.45, 2.75) is 44.6 Å². The van der Waals surface area contributed by atoms with E-state index in [4.69, 9.17) is 14.5 Å². The van der Waals surface area contributed by atoms with E-state index >= 15 is 0 Å². The monoisotopic (exact) mass is 640 g/mol. The Morgan fingerprint density at radius 2 is 1.84 bits per heavy atom. The number of hydrogen-bond donors (Lipinski definition) is 0. The molecule has 0 unspecified atom stereocenters. The smallest absolute Gasteiger partial charge is 0.315 e. The second kappa shape index (κ2) is 12.3. The summed E-state index contributed by atoms with van der Waals surface area (Å²) in [7, 11) is 1.43. The summed E-state index contributed by atoms with van der Waals surface area (Å²) < 4.78 is 13.7. The van der Waals surface area contributed by atoms with Crippen LogP contribution in [-0.4, -0.2) is 27.9 Å². The highest BCUT2D eigenvalue weighted by Gasteiger charge is 2.24. The summed E-state index contributed by atoms with van der Waals surface area (Å²) in [5, 5.41) is 19.2. The lowest BCUT2D eigenvalue weighted by Gasteiger charge is -2.22. The van der Waals surface area contributed by atoms with Crippen LogP contribution in [0, 0.1) is 10.1 Å². The number of hydrogen-bond acceptors (Lipinski definition) is 7. The Kier molecular flexibility index (Phi) is 8.20. The van der Waals surface area contributed by atoms with Crippen molar-refractivity contribution in [3.8, 4) is 11.5 Å². The molecule has 1 aliphatic rings. The fourth-order valence-corrected chi connectivity index (χ4v) is 6.07. The van der Waals surface area contributed by atoms with Crippen molar-refractivity contribution in [1.29, 1.82) is 0 Å². The number of rotatable bonds is 8. The molecule has 4 aromatic carbocycles. The molecule has 0 spiro atoms. The van der Waals surface area contributed by atoms with Crippen molar-refractivity contribution in [1.82, 2.24) is 9.66 Å². The Hall–Kier alpha value is -4.57. The Morgan fingerprint density at radius 1 is 1.05 bits per heavy atom. The van der Waals surface area contributed by atoms with E-state index < -0.39 is 4.92 Å². The van der Waals surface area contributed by atoms with Crippen LogP contribution in [0.25, 0.3) is 21.7 Å². The number of ether oxygens (including phenoxy) is 2. The van der Waals surface area contributed by atoms with Crippen LogP contribution < -0.4 is 15.0 Å². The molecule has 0 amide bonds. The Balaban J connectivity index is 1.38. The summed E-state index contributed by atoms with van der Waals surface area (Å²) in [6.45, 7) is 0.116. The van der Waals surface area contributed by atoms with E-state index in [1.807, 2.05) is 54.6 Å². The zero-order valence-corrected chi connectivity index (χ0v) is 25.1. The van der Waals surface area contributed by atoms with Gasteiger partial charge in [-0.25, -0.2) is 4.98 Å². The molecular weight excluding hydrogens is 612 g/mol. The van der Waals surface area contributed by atoms with Crippen molar-refractivity contribution in [2.75, 3.05) is 7.11 Å². The number of nitro benzene ring substituents is 1. The van der Waals surface area contributed by atoms with Gasteiger partial charge in [-0.05, 0) is 53.4 Å². The molecule has 9 nitrogen and oxygen atoms in total. The predicted octanol–water partition coefficient (Wildman–Crippen LogP) is 7.74. The zero-order valence-electron chi connectivity index (χ0n) is 23.5. The zero-order chi connectivity index (χ0) is 29.9. The maximum Gasteiger partial charge on any atom is 0.315 e. The molecule has 1 aliphatic carbocycles. The van der Waals surface area contributed by atoms with Gasteiger partial charge in [-0.2, -0.15) is 9.78 Å². The minimum atomic E-state index is -0.507. The van der Waals surface area contributed by atoms with Crippen LogP contribution in [0.15, 0.2) is 87.2 Å². The first-order valence-electron chi connectivity index (χ1n) is 14.2. The van der Waals surface area contributed by atoms with Crippen LogP contribution in [0.5, 0.6) is 11.5 Å². The van der Waals surface area contributed by atoms with Crippen molar-refractivity contribution < 1.29 is 14.4 Å². The van der Waals surface area contributed by atoms with Gasteiger partial charge in [0, 0.05) is 22.0 Å². The van der Waals surface area contributed by atoms with Crippen LogP contribution in [0.4, 0.5) is 5.69 Å². The molecule has 0 bridgehead atoms. The summed E-state index contributed by atoms with van der Waals surface area (Å²) in [6.07, 6.45) is 6.56. The first-order valence-corrected chi connectivity index (χ1v) is 14.9. The molecule has 1 aromatic heterocycles. The van der Waals surface area contributed by atoms with Gasteiger partial charge >= 0.3 is 5.69 Å². The van der Waals surface area contributed by atoms with Crippen LogP contribution in [0.2, 0.25) is 0 Å². The largest absolute Gasteiger partial charge is 0.493 e. The third-order valence-corrected chi connectivity index (χ3v) is 8.35. The second-order valence-corrected chi connectivity index (χ2v) is 11.5. The quantitative estimate of drug-likeness (QED) is 0.0975. The lowest BCUT2D eigenvalue weighted by atomic mass is 9.88. The molecule has 6 rings (SSSR count). The number of nitrogens with zero attached hydrogens (tertiary/aromatic N) is 4. The third kappa shape index (κ3) is 5.87. The van der Waals surface area contributed by atoms with Crippen LogP contribution in [0.1, 0.15) is 55.0 Å². The first kappa shape index (κ1) is 28.5. The van der Waals surface area contributed by atoms with E-state index in [0.29, 0.717) is 22.3 Å². The third-order valence-electron chi connectivity index (χ3n) is 7.85. The van der Waals surface area contributed by atoms with E-state index in [2.05, 4.69) is 21.0 Å². The highest BCUT2D eigenvalue weighted by atomic mass is 79.9. The van der Waals surface area contributed by atoms with Crippen LogP contribution in [-0.2, 0) is 6.61 Å². The Bertz CT molecular complexity index is 1930. The Morgan fingerprint density at radius 3 is 2.63 bits per heavy atom. The van der Waals surface area contributed by atoms with E-state index in [-0.39, 0.29) is 35.3 Å². The molecule has 0 radical (unpaired) electrons. The minimum absolute atomic E-state index is 0.0230. The van der Waals surface area contributed by atoms with Crippen molar-refractivity contribution in [3.63, 3.8) is 0 Å². The maximum absolute atomic E-state index is 13.7. The van der Waals surface area contributed by atoms with Gasteiger partial charge in [-0.15, -0.1) is 0 Å². The molecule has 43 heavy (non-hydrogen) atoms. The molecule has 0 N–H and O–H groups in total. The van der Waals surface area contributed by atoms with Gasteiger partial charge in [0.1, 0.15) is 12.4 Å². The topological polar surface area (TPSA) is 109 Å². The van der Waals surface area contributed by atoms with Gasteiger partial charge in [0.05, 0.1) is 29.2 Å². The lowest BCUT2D eigenvalue weighted by Crippen LogP contribution is -2.25. The van der Waals surface area contributed by atoms with Crippen molar-refractivity contribution >= 4 is 49.5 Å². The van der Waals surface area contributed by atoms with Gasteiger partial charge in [-0.3, -0.25) is 14.9 Å². The van der Waals surface area contributed by atoms with E-state index in [0.717, 1.165) is 52.9 Å². The normalized spacial score (nSPS) is 14.0. The number of benzene rings is 4. The molecule has 0 atom stereocenters. The predicted molar refractivity (Wildman–Crippen MR) is 170 cm³/mol. The van der Waals surface area contributed by atoms with Crippen molar-refractivity contribution in [3.05, 3.63) is 115 Å². The number of methoxy groups -OCH3 is 1. The van der Waals surface area contributed by atoms with Crippen molar-refractivity contribution in [2.24, 2.45) is 5.10 Å². The van der Waals surface area contributed by atoms with Gasteiger partial charge in [0.2, 0.25) is 5.75 Å². The Labute approximate surface area is 256 Å². The number of halogens is 1. The second-order valence-electron chi connectivity index (χ2n) is 10.6. The summed E-state index contributed by atoms with van der Waals surface area (Å²) in [6, 6.07) is 22.2. The first-order chi connectivity index (χ1) is 20.9. The molecule has 0 aliphatic heterocycles. The summed E-state index contributed by atoms with van der Waals surface area (Å²) in [4.78, 5) is 30.2. The fourth-order valence-electron chi connectivity index (χ4n) is 5.71. The average molecular weight is 642 g/mol. The standard InChI is InChI=1S/C33H29BrN4O5/c1-42-30-17-21(16-29(38(40)41)31(30)43-20-24-12-7-11-22-8-5-6-13-26(22)24)19-35-37-32(23-9-3-2-4-10-23)36-28-15-14-25(34)18-27(28)33(37)39/h5-8,11-19,23H,2-4,9-10,20H2,1H3. The molecule has 1 heterocycles. The molecule has 10 heteroatoms. The summed E-state index contributed by atoms with van der Waals surface area (Å²) in [5.41, 5.74) is 1.34. The molecule has 1 saturated carbocycles. The van der Waals surface area contributed by atoms with Gasteiger partial charge in [0.25, 0.3) is 5.56 Å². The molecule has 5 aromatic rings. The maximum atomic E-state index is 13.7. The lowest BCUT2D eigenvalue weighted by molar-refractivity contribution is -0.386. The molecular formula is C33H29BrN4O5. The van der Waals surface area contributed by atoms with Gasteiger partial charge in [-0.1, -0.05) is 77.7 Å². The molecule has 218 valence electrons. The average Bonchev–Trinajstić information content (AvgIpc) is 3.03.